The van der Waals surface area contributed by atoms with Crippen molar-refractivity contribution in [1.29, 1.82) is 0 Å². The molecule has 31 heavy (non-hydrogen) atoms. The van der Waals surface area contributed by atoms with Gasteiger partial charge in [-0.05, 0) is 47.5 Å². The molecule has 1 aliphatic heterocycles. The third-order valence-electron chi connectivity index (χ3n) is 5.86. The van der Waals surface area contributed by atoms with E-state index in [2.05, 4.69) is 50.6 Å². The van der Waals surface area contributed by atoms with Crippen molar-refractivity contribution in [3.05, 3.63) is 66.0 Å². The summed E-state index contributed by atoms with van der Waals surface area (Å²) in [5.74, 6) is 0.865. The van der Waals surface area contributed by atoms with Crippen LogP contribution in [-0.4, -0.2) is 68.6 Å². The van der Waals surface area contributed by atoms with Crippen LogP contribution in [0.1, 0.15) is 31.3 Å². The SMILES string of the molecule is CCc1ccccc1NC(=O)CN1CCN(C(C)c2nnnn2-c2ccccc2)CC1. The summed E-state index contributed by atoms with van der Waals surface area (Å²) >= 11 is 0. The van der Waals surface area contributed by atoms with Crippen molar-refractivity contribution >= 4 is 11.6 Å². The number of hydrogen-bond donors (Lipinski definition) is 1. The van der Waals surface area contributed by atoms with Crippen LogP contribution < -0.4 is 5.32 Å². The molecular weight excluding hydrogens is 390 g/mol. The predicted molar refractivity (Wildman–Crippen MR) is 120 cm³/mol. The van der Waals surface area contributed by atoms with E-state index >= 15 is 0 Å². The fraction of sp³-hybridized carbons (Fsp3) is 0.391. The first kappa shape index (κ1) is 21.1. The highest BCUT2D eigenvalue weighted by atomic mass is 16.2. The van der Waals surface area contributed by atoms with Gasteiger partial charge < -0.3 is 5.32 Å². The minimum absolute atomic E-state index is 0.0374. The molecule has 1 fully saturated rings. The fourth-order valence-corrected chi connectivity index (χ4v) is 4.02. The zero-order valence-corrected chi connectivity index (χ0v) is 18.1. The summed E-state index contributed by atoms with van der Waals surface area (Å²) in [5.41, 5.74) is 3.03. The number of nitrogens with one attached hydrogen (secondary N) is 1. The molecule has 1 aliphatic rings. The van der Waals surface area contributed by atoms with Crippen LogP contribution in [0.5, 0.6) is 0 Å². The summed E-state index contributed by atoms with van der Waals surface area (Å²) in [4.78, 5) is 17.1. The minimum Gasteiger partial charge on any atom is -0.325 e. The smallest absolute Gasteiger partial charge is 0.238 e. The number of carbonyl (C=O) groups is 1. The number of anilines is 1. The standard InChI is InChI=1S/C23H29N7O/c1-3-19-9-7-8-12-21(19)24-22(31)17-28-13-15-29(16-14-28)18(2)23-25-26-27-30(23)20-10-5-4-6-11-20/h4-12,18H,3,13-17H2,1-2H3,(H,24,31). The Kier molecular flexibility index (Phi) is 6.69. The molecule has 0 radical (unpaired) electrons. The molecule has 8 nitrogen and oxygen atoms in total. The lowest BCUT2D eigenvalue weighted by atomic mass is 10.1. The van der Waals surface area contributed by atoms with Crippen LogP contribution in [0.15, 0.2) is 54.6 Å². The van der Waals surface area contributed by atoms with E-state index in [1.807, 2.05) is 48.5 Å². The number of aromatic nitrogens is 4. The molecule has 0 aliphatic carbocycles. The molecule has 1 N–H and O–H groups in total. The van der Waals surface area contributed by atoms with Crippen molar-refractivity contribution in [2.75, 3.05) is 38.0 Å². The van der Waals surface area contributed by atoms with Gasteiger partial charge in [0.05, 0.1) is 18.3 Å². The Morgan fingerprint density at radius 3 is 2.48 bits per heavy atom. The highest BCUT2D eigenvalue weighted by molar-refractivity contribution is 5.93. The van der Waals surface area contributed by atoms with Crippen LogP contribution in [0.2, 0.25) is 0 Å². The van der Waals surface area contributed by atoms with Crippen molar-refractivity contribution < 1.29 is 4.79 Å². The van der Waals surface area contributed by atoms with Gasteiger partial charge in [0.15, 0.2) is 5.82 Å². The molecule has 1 amide bonds. The first-order valence-corrected chi connectivity index (χ1v) is 10.8. The minimum atomic E-state index is 0.0374. The molecule has 1 unspecified atom stereocenters. The van der Waals surface area contributed by atoms with Crippen LogP contribution >= 0.6 is 0 Å². The highest BCUT2D eigenvalue weighted by Crippen LogP contribution is 2.21. The van der Waals surface area contributed by atoms with E-state index in [9.17, 15) is 4.79 Å². The fourth-order valence-electron chi connectivity index (χ4n) is 4.02. The van der Waals surface area contributed by atoms with Crippen molar-refractivity contribution in [2.45, 2.75) is 26.3 Å². The van der Waals surface area contributed by atoms with Crippen LogP contribution in [0.25, 0.3) is 5.69 Å². The number of para-hydroxylation sites is 2. The maximum absolute atomic E-state index is 12.6. The van der Waals surface area contributed by atoms with Crippen molar-refractivity contribution in [3.63, 3.8) is 0 Å². The average Bonchev–Trinajstić information content (AvgIpc) is 3.30. The molecule has 2 aromatic carbocycles. The van der Waals surface area contributed by atoms with E-state index in [0.29, 0.717) is 6.54 Å². The van der Waals surface area contributed by atoms with Gasteiger partial charge in [-0.3, -0.25) is 14.6 Å². The molecule has 3 aromatic rings. The number of aryl methyl sites for hydroxylation is 1. The molecule has 0 bridgehead atoms. The molecule has 162 valence electrons. The van der Waals surface area contributed by atoms with Gasteiger partial charge in [0.1, 0.15) is 0 Å². The van der Waals surface area contributed by atoms with Gasteiger partial charge in [-0.15, -0.1) is 5.10 Å². The quantitative estimate of drug-likeness (QED) is 0.634. The van der Waals surface area contributed by atoms with Gasteiger partial charge in [-0.1, -0.05) is 43.3 Å². The third kappa shape index (κ3) is 4.98. The van der Waals surface area contributed by atoms with Crippen molar-refractivity contribution in [3.8, 4) is 5.69 Å². The Bertz CT molecular complexity index is 996. The largest absolute Gasteiger partial charge is 0.325 e. The van der Waals surface area contributed by atoms with Crippen LogP contribution in [0.4, 0.5) is 5.69 Å². The summed E-state index contributed by atoms with van der Waals surface area (Å²) in [6, 6.07) is 18.0. The second kappa shape index (κ2) is 9.80. The highest BCUT2D eigenvalue weighted by Gasteiger charge is 2.27. The van der Waals surface area contributed by atoms with Crippen LogP contribution in [0, 0.1) is 0 Å². The first-order valence-electron chi connectivity index (χ1n) is 10.8. The molecule has 0 saturated carbocycles. The summed E-state index contributed by atoms with van der Waals surface area (Å²) in [6.07, 6.45) is 0.898. The van der Waals surface area contributed by atoms with Crippen LogP contribution in [-0.2, 0) is 11.2 Å². The number of tetrazole rings is 1. The van der Waals surface area contributed by atoms with E-state index in [1.165, 1.54) is 0 Å². The second-order valence-electron chi connectivity index (χ2n) is 7.83. The van der Waals surface area contributed by atoms with Gasteiger partial charge in [0, 0.05) is 31.9 Å². The summed E-state index contributed by atoms with van der Waals surface area (Å²) < 4.78 is 1.80. The third-order valence-corrected chi connectivity index (χ3v) is 5.86. The Balaban J connectivity index is 1.32. The lowest BCUT2D eigenvalue weighted by molar-refractivity contribution is -0.117. The summed E-state index contributed by atoms with van der Waals surface area (Å²) in [5, 5.41) is 15.4. The van der Waals surface area contributed by atoms with Crippen molar-refractivity contribution in [1.82, 2.24) is 30.0 Å². The van der Waals surface area contributed by atoms with E-state index in [1.54, 1.807) is 4.68 Å². The molecule has 8 heteroatoms. The number of nitrogens with zero attached hydrogens (tertiary/aromatic N) is 6. The van der Waals surface area contributed by atoms with E-state index in [0.717, 1.165) is 55.4 Å². The molecule has 2 heterocycles. The van der Waals surface area contributed by atoms with Gasteiger partial charge >= 0.3 is 0 Å². The molecule has 0 spiro atoms. The van der Waals surface area contributed by atoms with Gasteiger partial charge in [-0.25, -0.2) is 0 Å². The average molecular weight is 420 g/mol. The lowest BCUT2D eigenvalue weighted by Gasteiger charge is -2.37. The number of carbonyl (C=O) groups excluding carboxylic acids is 1. The molecular formula is C23H29N7O. The molecule has 1 aromatic heterocycles. The Morgan fingerprint density at radius 1 is 1.03 bits per heavy atom. The molecule has 1 saturated heterocycles. The van der Waals surface area contributed by atoms with Crippen LogP contribution in [0.3, 0.4) is 0 Å². The maximum Gasteiger partial charge on any atom is 0.238 e. The normalized spacial score (nSPS) is 16.2. The Morgan fingerprint density at radius 2 is 1.74 bits per heavy atom. The topological polar surface area (TPSA) is 79.2 Å². The number of hydrogen-bond acceptors (Lipinski definition) is 6. The zero-order chi connectivity index (χ0) is 21.6. The summed E-state index contributed by atoms with van der Waals surface area (Å²) in [6.45, 7) is 8.03. The van der Waals surface area contributed by atoms with Gasteiger partial charge in [0.25, 0.3) is 0 Å². The predicted octanol–water partition coefficient (Wildman–Crippen LogP) is 2.54. The monoisotopic (exact) mass is 419 g/mol. The number of benzene rings is 2. The van der Waals surface area contributed by atoms with Gasteiger partial charge in [0.2, 0.25) is 5.91 Å². The maximum atomic E-state index is 12.6. The number of piperazine rings is 1. The second-order valence-corrected chi connectivity index (χ2v) is 7.83. The lowest BCUT2D eigenvalue weighted by Crippen LogP contribution is -2.49. The molecule has 1 atom stereocenters. The summed E-state index contributed by atoms with van der Waals surface area (Å²) in [7, 11) is 0. The Labute approximate surface area is 182 Å². The van der Waals surface area contributed by atoms with E-state index < -0.39 is 0 Å². The Hall–Kier alpha value is -3.10. The number of amides is 1. The van der Waals surface area contributed by atoms with E-state index in [-0.39, 0.29) is 11.9 Å². The zero-order valence-electron chi connectivity index (χ0n) is 18.1. The molecule has 4 rings (SSSR count). The first-order chi connectivity index (χ1) is 15.2. The number of rotatable bonds is 7. The van der Waals surface area contributed by atoms with Gasteiger partial charge in [-0.2, -0.15) is 4.68 Å². The van der Waals surface area contributed by atoms with Crippen molar-refractivity contribution in [2.24, 2.45) is 0 Å². The van der Waals surface area contributed by atoms with E-state index in [4.69, 9.17) is 0 Å².